The molecule has 0 aliphatic carbocycles. The summed E-state index contributed by atoms with van der Waals surface area (Å²) in [6, 6.07) is 27.0. The van der Waals surface area contributed by atoms with E-state index in [0.717, 1.165) is 0 Å². The lowest BCUT2D eigenvalue weighted by Gasteiger charge is -2.08. The van der Waals surface area contributed by atoms with Gasteiger partial charge in [-0.2, -0.15) is 10.2 Å². The zero-order valence-corrected chi connectivity index (χ0v) is 26.1. The van der Waals surface area contributed by atoms with Crippen LogP contribution in [0.2, 0.25) is 0 Å². The minimum atomic E-state index is -0.537. The van der Waals surface area contributed by atoms with Crippen molar-refractivity contribution in [1.82, 2.24) is 10.9 Å². The Labute approximate surface area is 269 Å². The third-order valence-corrected chi connectivity index (χ3v) is 6.72. The predicted octanol–water partition coefficient (Wildman–Crippen LogP) is 6.03. The van der Waals surface area contributed by atoms with Crippen LogP contribution < -0.4 is 20.3 Å². The van der Waals surface area contributed by atoms with Crippen LogP contribution >= 0.6 is 31.9 Å². The molecule has 0 fully saturated rings. The number of hydrogen-bond donors (Lipinski definition) is 2. The maximum absolute atomic E-state index is 12.4. The molecule has 4 rings (SSSR count). The van der Waals surface area contributed by atoms with Crippen LogP contribution in [0.5, 0.6) is 11.5 Å². The van der Waals surface area contributed by atoms with Crippen molar-refractivity contribution in [2.75, 3.05) is 0 Å². The number of ether oxygens (including phenoxy) is 2. The van der Waals surface area contributed by atoms with Gasteiger partial charge >= 0.3 is 11.9 Å². The van der Waals surface area contributed by atoms with E-state index in [9.17, 15) is 19.2 Å². The van der Waals surface area contributed by atoms with Gasteiger partial charge in [0, 0.05) is 32.9 Å². The Morgan fingerprint density at radius 2 is 0.977 bits per heavy atom. The first-order valence-corrected chi connectivity index (χ1v) is 14.6. The van der Waals surface area contributed by atoms with Crippen LogP contribution in [0.1, 0.15) is 44.7 Å². The Kier molecular flexibility index (Phi) is 11.7. The fourth-order valence-electron chi connectivity index (χ4n) is 3.58. The Hall–Kier alpha value is -4.94. The first-order chi connectivity index (χ1) is 21.3. The number of carbonyl (C=O) groups excluding carboxylic acids is 4. The fourth-order valence-corrected chi connectivity index (χ4v) is 4.34. The second-order valence-electron chi connectivity index (χ2n) is 8.96. The predicted molar refractivity (Wildman–Crippen MR) is 172 cm³/mol. The van der Waals surface area contributed by atoms with Gasteiger partial charge in [0.2, 0.25) is 11.8 Å². The van der Waals surface area contributed by atoms with Crippen LogP contribution in [0.15, 0.2) is 116 Å². The van der Waals surface area contributed by atoms with Crippen molar-refractivity contribution >= 4 is 68.0 Å². The number of nitrogens with one attached hydrogen (secondary N) is 2. The number of halogens is 2. The van der Waals surface area contributed by atoms with Crippen molar-refractivity contribution in [2.45, 2.75) is 12.8 Å². The maximum Gasteiger partial charge on any atom is 0.343 e. The molecule has 44 heavy (non-hydrogen) atoms. The SMILES string of the molecule is O=C(CCC(=O)N/N=C/c1cc(Br)ccc1OC(=O)c1ccccc1)N/N=C/c1cc(Br)ccc1OC(=O)c1ccccc1. The van der Waals surface area contributed by atoms with Crippen molar-refractivity contribution < 1.29 is 28.7 Å². The molecule has 0 heterocycles. The van der Waals surface area contributed by atoms with Gasteiger partial charge in [0.25, 0.3) is 0 Å². The van der Waals surface area contributed by atoms with Gasteiger partial charge in [0.1, 0.15) is 11.5 Å². The first kappa shape index (κ1) is 32.0. The zero-order chi connectivity index (χ0) is 31.3. The van der Waals surface area contributed by atoms with E-state index in [1.165, 1.54) is 12.4 Å². The quantitative estimate of drug-likeness (QED) is 0.0841. The molecule has 2 amide bonds. The second kappa shape index (κ2) is 16.1. The molecule has 4 aromatic carbocycles. The molecule has 0 saturated carbocycles. The molecule has 0 spiro atoms. The Balaban J connectivity index is 1.27. The van der Waals surface area contributed by atoms with Crippen LogP contribution in [0.25, 0.3) is 0 Å². The highest BCUT2D eigenvalue weighted by atomic mass is 79.9. The maximum atomic E-state index is 12.4. The molecule has 0 saturated heterocycles. The number of carbonyl (C=O) groups is 4. The molecule has 0 radical (unpaired) electrons. The average molecular weight is 720 g/mol. The highest BCUT2D eigenvalue weighted by Crippen LogP contribution is 2.24. The van der Waals surface area contributed by atoms with Crippen LogP contribution in [-0.4, -0.2) is 36.2 Å². The van der Waals surface area contributed by atoms with Gasteiger partial charge in [-0.1, -0.05) is 68.3 Å². The summed E-state index contributed by atoms with van der Waals surface area (Å²) in [5.41, 5.74) is 6.35. The van der Waals surface area contributed by atoms with Gasteiger partial charge in [0.15, 0.2) is 0 Å². The third kappa shape index (κ3) is 9.82. The Morgan fingerprint density at radius 1 is 0.591 bits per heavy atom. The Morgan fingerprint density at radius 3 is 1.36 bits per heavy atom. The molecule has 0 unspecified atom stereocenters. The van der Waals surface area contributed by atoms with E-state index >= 15 is 0 Å². The molecule has 0 atom stereocenters. The van der Waals surface area contributed by atoms with E-state index in [4.69, 9.17) is 9.47 Å². The lowest BCUT2D eigenvalue weighted by Crippen LogP contribution is -2.23. The van der Waals surface area contributed by atoms with Gasteiger partial charge in [-0.25, -0.2) is 20.4 Å². The standard InChI is InChI=1S/C32H24Br2N4O6/c33-25-11-13-27(43-31(41)21-7-3-1-4-8-21)23(17-25)19-35-37-29(39)15-16-30(40)38-36-20-24-18-26(34)12-14-28(24)44-32(42)22-9-5-2-6-10-22/h1-14,17-20H,15-16H2,(H,37,39)(H,38,40)/b35-19+,36-20+. The molecule has 0 aromatic heterocycles. The third-order valence-electron chi connectivity index (χ3n) is 5.73. The molecular weight excluding hydrogens is 696 g/mol. The normalized spacial score (nSPS) is 10.9. The number of rotatable bonds is 11. The highest BCUT2D eigenvalue weighted by molar-refractivity contribution is 9.10. The van der Waals surface area contributed by atoms with E-state index in [1.54, 1.807) is 97.1 Å². The van der Waals surface area contributed by atoms with Crippen molar-refractivity contribution in [3.63, 3.8) is 0 Å². The first-order valence-electron chi connectivity index (χ1n) is 13.1. The molecule has 2 N–H and O–H groups in total. The largest absolute Gasteiger partial charge is 0.422 e. The van der Waals surface area contributed by atoms with Crippen molar-refractivity contribution in [2.24, 2.45) is 10.2 Å². The number of amides is 2. The molecule has 10 nitrogen and oxygen atoms in total. The van der Waals surface area contributed by atoms with Crippen molar-refractivity contribution in [3.8, 4) is 11.5 Å². The summed E-state index contributed by atoms with van der Waals surface area (Å²) in [6.45, 7) is 0. The van der Waals surface area contributed by atoms with Crippen LogP contribution in [0.3, 0.4) is 0 Å². The summed E-state index contributed by atoms with van der Waals surface area (Å²) in [5, 5.41) is 7.85. The summed E-state index contributed by atoms with van der Waals surface area (Å²) in [7, 11) is 0. The Bertz CT molecular complexity index is 1590. The molecular formula is C32H24Br2N4O6. The van der Waals surface area contributed by atoms with Gasteiger partial charge in [-0.05, 0) is 60.7 Å². The summed E-state index contributed by atoms with van der Waals surface area (Å²) in [5.74, 6) is -1.60. The number of benzene rings is 4. The van der Waals surface area contributed by atoms with Gasteiger partial charge in [-0.15, -0.1) is 0 Å². The van der Waals surface area contributed by atoms with E-state index in [-0.39, 0.29) is 24.3 Å². The minimum absolute atomic E-state index is 0.163. The summed E-state index contributed by atoms with van der Waals surface area (Å²) >= 11 is 6.72. The van der Waals surface area contributed by atoms with Crippen LogP contribution in [0, 0.1) is 0 Å². The second-order valence-corrected chi connectivity index (χ2v) is 10.8. The van der Waals surface area contributed by atoms with Crippen LogP contribution in [-0.2, 0) is 9.59 Å². The number of hydrogen-bond acceptors (Lipinski definition) is 8. The number of esters is 2. The van der Waals surface area contributed by atoms with Crippen molar-refractivity contribution in [3.05, 3.63) is 128 Å². The molecule has 0 bridgehead atoms. The van der Waals surface area contributed by atoms with E-state index in [1.807, 2.05) is 0 Å². The average Bonchev–Trinajstić information content (AvgIpc) is 3.03. The van der Waals surface area contributed by atoms with Gasteiger partial charge in [-0.3, -0.25) is 9.59 Å². The van der Waals surface area contributed by atoms with E-state index < -0.39 is 23.8 Å². The number of nitrogens with zero attached hydrogens (tertiary/aromatic N) is 2. The lowest BCUT2D eigenvalue weighted by molar-refractivity contribution is -0.126. The summed E-state index contributed by atoms with van der Waals surface area (Å²) < 4.78 is 12.4. The summed E-state index contributed by atoms with van der Waals surface area (Å²) in [6.07, 6.45) is 2.34. The molecule has 222 valence electrons. The molecule has 0 aliphatic rings. The van der Waals surface area contributed by atoms with Gasteiger partial charge < -0.3 is 9.47 Å². The molecule has 0 aliphatic heterocycles. The lowest BCUT2D eigenvalue weighted by atomic mass is 10.2. The molecule has 4 aromatic rings. The van der Waals surface area contributed by atoms with E-state index in [0.29, 0.717) is 31.2 Å². The summed E-state index contributed by atoms with van der Waals surface area (Å²) in [4.78, 5) is 49.4. The topological polar surface area (TPSA) is 136 Å². The monoisotopic (exact) mass is 718 g/mol. The highest BCUT2D eigenvalue weighted by Gasteiger charge is 2.13. The smallest absolute Gasteiger partial charge is 0.343 e. The minimum Gasteiger partial charge on any atom is -0.422 e. The number of hydrazone groups is 2. The fraction of sp³-hybridized carbons (Fsp3) is 0.0625. The molecule has 12 heteroatoms. The zero-order valence-electron chi connectivity index (χ0n) is 22.9. The van der Waals surface area contributed by atoms with Crippen molar-refractivity contribution in [1.29, 1.82) is 0 Å². The van der Waals surface area contributed by atoms with Crippen LogP contribution in [0.4, 0.5) is 0 Å². The van der Waals surface area contributed by atoms with Gasteiger partial charge in [0.05, 0.1) is 23.6 Å². The van der Waals surface area contributed by atoms with E-state index in [2.05, 4.69) is 52.9 Å².